The summed E-state index contributed by atoms with van der Waals surface area (Å²) in [5.74, 6) is -3.87. The molecule has 2 aliphatic heterocycles. The summed E-state index contributed by atoms with van der Waals surface area (Å²) in [6.07, 6.45) is -9.61. The highest BCUT2D eigenvalue weighted by Crippen LogP contribution is 2.40. The van der Waals surface area contributed by atoms with Crippen molar-refractivity contribution in [3.05, 3.63) is 35.9 Å². The summed E-state index contributed by atoms with van der Waals surface area (Å²) in [6, 6.07) is 8.99. The number of carbonyl (C=O) groups is 2. The molecular weight excluding hydrogens is 791 g/mol. The van der Waals surface area contributed by atoms with E-state index in [1.807, 2.05) is 70.2 Å². The van der Waals surface area contributed by atoms with Crippen molar-refractivity contribution in [3.8, 4) is 0 Å². The lowest BCUT2D eigenvalue weighted by Crippen LogP contribution is -2.62. The van der Waals surface area contributed by atoms with Crippen LogP contribution in [-0.4, -0.2) is 156 Å². The molecule has 2 saturated heterocycles. The molecule has 0 amide bonds. The first-order valence-corrected chi connectivity index (χ1v) is 21.8. The van der Waals surface area contributed by atoms with E-state index in [2.05, 4.69) is 5.32 Å². The maximum absolute atomic E-state index is 14.2. The summed E-state index contributed by atoms with van der Waals surface area (Å²) in [7, 11) is 7.06. The van der Waals surface area contributed by atoms with Crippen molar-refractivity contribution < 1.29 is 63.2 Å². The Kier molecular flexibility index (Phi) is 19.6. The molecule has 18 atom stereocenters. The molecule has 0 bridgehead atoms. The minimum absolute atomic E-state index is 0.0175. The molecule has 0 radical (unpaired) electrons. The van der Waals surface area contributed by atoms with Gasteiger partial charge in [0.2, 0.25) is 0 Å². The summed E-state index contributed by atoms with van der Waals surface area (Å²) in [6.45, 7) is 17.6. The molecule has 352 valence electrons. The van der Waals surface area contributed by atoms with E-state index in [1.165, 1.54) is 21.0 Å². The van der Waals surface area contributed by atoms with Crippen molar-refractivity contribution in [1.29, 1.82) is 0 Å². The van der Waals surface area contributed by atoms with Gasteiger partial charge in [-0.3, -0.25) is 9.59 Å². The molecule has 7 N–H and O–H groups in total. The smallest absolute Gasteiger partial charge is 0.313 e. The van der Waals surface area contributed by atoms with Crippen molar-refractivity contribution in [3.63, 3.8) is 0 Å². The number of benzene rings is 1. The number of methoxy groups -OCH3 is 1. The first kappa shape index (κ1) is 53.0. The third kappa shape index (κ3) is 13.4. The lowest BCUT2D eigenvalue weighted by atomic mass is 9.77. The molecule has 0 saturated carbocycles. The van der Waals surface area contributed by atoms with Crippen molar-refractivity contribution in [1.82, 2.24) is 10.2 Å². The largest absolute Gasteiger partial charge is 0.459 e. The van der Waals surface area contributed by atoms with Gasteiger partial charge in [-0.25, -0.2) is 0 Å². The average Bonchev–Trinajstić information content (AvgIpc) is 3.20. The van der Waals surface area contributed by atoms with Crippen LogP contribution >= 0.6 is 0 Å². The lowest BCUT2D eigenvalue weighted by molar-refractivity contribution is -0.320. The Balaban J connectivity index is 2.16. The third-order valence-corrected chi connectivity index (χ3v) is 13.0. The quantitative estimate of drug-likeness (QED) is 0.0923. The Morgan fingerprint density at radius 1 is 1.05 bits per heavy atom. The first-order chi connectivity index (χ1) is 28.3. The average molecular weight is 870 g/mol. The predicted octanol–water partition coefficient (Wildman–Crippen LogP) is 3.06. The van der Waals surface area contributed by atoms with E-state index in [-0.39, 0.29) is 37.3 Å². The number of carbonyl (C=O) groups excluding carboxylic acids is 2. The molecule has 3 rings (SSSR count). The van der Waals surface area contributed by atoms with Crippen LogP contribution in [0.1, 0.15) is 106 Å². The Morgan fingerprint density at radius 3 is 2.23 bits per heavy atom. The monoisotopic (exact) mass is 870 g/mol. The molecule has 2 fully saturated rings. The number of nitrogens with two attached hydrogens (primary N) is 1. The Morgan fingerprint density at radius 2 is 1.67 bits per heavy atom. The van der Waals surface area contributed by atoms with E-state index >= 15 is 0 Å². The highest BCUT2D eigenvalue weighted by atomic mass is 16.7. The van der Waals surface area contributed by atoms with E-state index in [4.69, 9.17) is 38.9 Å². The fourth-order valence-corrected chi connectivity index (χ4v) is 8.75. The molecule has 0 aliphatic carbocycles. The normalized spacial score (nSPS) is 32.0. The van der Waals surface area contributed by atoms with Crippen LogP contribution in [0.15, 0.2) is 30.3 Å². The van der Waals surface area contributed by atoms with Gasteiger partial charge in [0.1, 0.15) is 24.0 Å². The lowest BCUT2D eigenvalue weighted by Gasteiger charge is -2.49. The van der Waals surface area contributed by atoms with Crippen LogP contribution in [0.2, 0.25) is 0 Å². The van der Waals surface area contributed by atoms with Gasteiger partial charge in [-0.1, -0.05) is 51.1 Å². The Labute approximate surface area is 364 Å². The predicted molar refractivity (Wildman–Crippen MR) is 229 cm³/mol. The molecule has 0 spiro atoms. The van der Waals surface area contributed by atoms with Crippen LogP contribution in [0.5, 0.6) is 0 Å². The second-order valence-corrected chi connectivity index (χ2v) is 18.6. The number of aliphatic hydroxyl groups is 4. The second kappa shape index (κ2) is 22.5. The standard InChI is InChI=1S/C45H79N3O13/c1-15-33(49)45(10,54)30(7)57-41(52)29(6)35(58-34-23-44(9,55-14)37(50)39(46)59-34)28(5)38(43(8,53)22-25(2)24-47-11)61-42-36(32(48(12)13)21-26(3)56-42)60-40(51)27(4)31-19-17-16-18-20-31/h16-20,25-30,32-39,42,47,49-50,53-54H,15,21-24,46H2,1-14H3/t25-,26-,27?,28+,29-,30-,32+,33-,34-,35+,36-,37+,38-,39-,42+,43-,44-,45-/m1/s1. The van der Waals surface area contributed by atoms with Crippen molar-refractivity contribution in [2.45, 2.75) is 185 Å². The maximum Gasteiger partial charge on any atom is 0.313 e. The van der Waals surface area contributed by atoms with E-state index < -0.39 is 102 Å². The molecule has 1 aromatic rings. The minimum Gasteiger partial charge on any atom is -0.459 e. The van der Waals surface area contributed by atoms with E-state index in [0.717, 1.165) is 5.56 Å². The van der Waals surface area contributed by atoms with E-state index in [9.17, 15) is 30.0 Å². The number of ether oxygens (including phenoxy) is 7. The fourth-order valence-electron chi connectivity index (χ4n) is 8.75. The number of hydrogen-bond acceptors (Lipinski definition) is 16. The highest BCUT2D eigenvalue weighted by Gasteiger charge is 2.52. The van der Waals surface area contributed by atoms with Crippen molar-refractivity contribution in [2.24, 2.45) is 23.5 Å². The van der Waals surface area contributed by atoms with Crippen LogP contribution in [0.4, 0.5) is 0 Å². The van der Waals surface area contributed by atoms with Gasteiger partial charge in [0.25, 0.3) is 0 Å². The van der Waals surface area contributed by atoms with E-state index in [0.29, 0.717) is 13.0 Å². The summed E-state index contributed by atoms with van der Waals surface area (Å²) in [4.78, 5) is 30.1. The van der Waals surface area contributed by atoms with Gasteiger partial charge in [0.05, 0.1) is 53.5 Å². The highest BCUT2D eigenvalue weighted by molar-refractivity contribution is 5.78. The fraction of sp³-hybridized carbons (Fsp3) is 0.822. The molecule has 61 heavy (non-hydrogen) atoms. The first-order valence-electron chi connectivity index (χ1n) is 21.8. The van der Waals surface area contributed by atoms with Crippen molar-refractivity contribution in [2.75, 3.05) is 34.8 Å². The number of nitrogens with zero attached hydrogens (tertiary/aromatic N) is 1. The van der Waals surface area contributed by atoms with Crippen LogP contribution in [0.25, 0.3) is 0 Å². The van der Waals surface area contributed by atoms with Gasteiger partial charge in [-0.05, 0) is 107 Å². The number of aliphatic hydroxyl groups excluding tert-OH is 2. The molecular formula is C45H79N3O13. The van der Waals surface area contributed by atoms with Crippen LogP contribution in [0.3, 0.4) is 0 Å². The SMILES string of the molecule is CC[C@@H](O)[C@](C)(O)[C@@H](C)OC(=O)[C@H](C)[C@@H](O[C@H]1C[C@@](C)(OC)[C@@H](O)[C@H](N)O1)[C@H](C)[C@@H](O[C@@H]1O[C@H](C)C[C@H](N(C)C)[C@H]1OC(=O)C(C)c1ccccc1)[C@](C)(O)C[C@@H](C)CNC. The van der Waals surface area contributed by atoms with Crippen LogP contribution < -0.4 is 11.1 Å². The van der Waals surface area contributed by atoms with Gasteiger partial charge in [0.15, 0.2) is 18.7 Å². The maximum atomic E-state index is 14.2. The Bertz CT molecular complexity index is 1500. The second-order valence-electron chi connectivity index (χ2n) is 18.6. The number of hydrogen-bond donors (Lipinski definition) is 6. The zero-order chi connectivity index (χ0) is 46.2. The summed E-state index contributed by atoms with van der Waals surface area (Å²) < 4.78 is 44.1. The van der Waals surface area contributed by atoms with Crippen LogP contribution in [0, 0.1) is 17.8 Å². The van der Waals surface area contributed by atoms with Gasteiger partial charge in [-0.15, -0.1) is 0 Å². The third-order valence-electron chi connectivity index (χ3n) is 13.0. The van der Waals surface area contributed by atoms with E-state index in [1.54, 1.807) is 41.5 Å². The molecule has 2 aliphatic rings. The van der Waals surface area contributed by atoms with Gasteiger partial charge in [0, 0.05) is 19.4 Å². The molecule has 1 unspecified atom stereocenters. The van der Waals surface area contributed by atoms with Crippen molar-refractivity contribution >= 4 is 11.9 Å². The zero-order valence-corrected chi connectivity index (χ0v) is 39.1. The number of esters is 2. The Hall–Kier alpha value is -2.32. The number of nitrogens with one attached hydrogen (secondary N) is 1. The van der Waals surface area contributed by atoms with Gasteiger partial charge < -0.3 is 69.5 Å². The summed E-state index contributed by atoms with van der Waals surface area (Å²) >= 11 is 0. The van der Waals surface area contributed by atoms with Gasteiger partial charge >= 0.3 is 11.9 Å². The number of likely N-dealkylation sites (N-methyl/N-ethyl adjacent to an activating group) is 1. The zero-order valence-electron chi connectivity index (χ0n) is 39.1. The molecule has 16 nitrogen and oxygen atoms in total. The number of rotatable bonds is 22. The molecule has 2 heterocycles. The molecule has 16 heteroatoms. The van der Waals surface area contributed by atoms with Gasteiger partial charge in [-0.2, -0.15) is 0 Å². The van der Waals surface area contributed by atoms with Crippen LogP contribution in [-0.2, 0) is 42.7 Å². The minimum atomic E-state index is -1.77. The topological polar surface area (TPSA) is 221 Å². The molecule has 0 aromatic heterocycles. The molecule has 1 aromatic carbocycles. The summed E-state index contributed by atoms with van der Waals surface area (Å²) in [5, 5.41) is 48.5. The summed E-state index contributed by atoms with van der Waals surface area (Å²) in [5.41, 5.74) is 2.46.